The normalized spacial score (nSPS) is 20.8. The quantitative estimate of drug-likeness (QED) is 0.918. The molecule has 0 radical (unpaired) electrons. The summed E-state index contributed by atoms with van der Waals surface area (Å²) in [6, 6.07) is 8.36. The van der Waals surface area contributed by atoms with Gasteiger partial charge in [-0.15, -0.1) is 0 Å². The third-order valence-electron chi connectivity index (χ3n) is 2.92. The molecule has 1 aliphatic rings. The largest absolute Gasteiger partial charge is 0.374 e. The van der Waals surface area contributed by atoms with E-state index in [4.69, 9.17) is 4.74 Å². The lowest BCUT2D eigenvalue weighted by molar-refractivity contribution is 0.00882. The van der Waals surface area contributed by atoms with Crippen molar-refractivity contribution in [1.82, 2.24) is 10.2 Å². The van der Waals surface area contributed by atoms with E-state index in [1.54, 1.807) is 0 Å². The van der Waals surface area contributed by atoms with Gasteiger partial charge in [-0.2, -0.15) is 0 Å². The van der Waals surface area contributed by atoms with Crippen LogP contribution in [0.25, 0.3) is 0 Å². The van der Waals surface area contributed by atoms with E-state index in [1.807, 2.05) is 6.07 Å². The molecular formula is C13H19BrN2O. The first kappa shape index (κ1) is 13.0. The van der Waals surface area contributed by atoms with Gasteiger partial charge >= 0.3 is 0 Å². The SMILES string of the molecule is CN(Cc1ccccc1Br)CC1CNCCO1. The standard InChI is InChI=1S/C13H19BrN2O/c1-16(10-12-8-15-6-7-17-12)9-11-4-2-3-5-13(11)14/h2-5,12,15H,6-10H2,1H3. The number of nitrogens with zero attached hydrogens (tertiary/aromatic N) is 1. The number of nitrogens with one attached hydrogen (secondary N) is 1. The minimum Gasteiger partial charge on any atom is -0.374 e. The molecule has 0 saturated carbocycles. The first-order valence-electron chi connectivity index (χ1n) is 6.00. The van der Waals surface area contributed by atoms with Crippen molar-refractivity contribution < 1.29 is 4.74 Å². The molecule has 0 amide bonds. The van der Waals surface area contributed by atoms with Gasteiger partial charge in [0, 0.05) is 30.7 Å². The number of hydrogen-bond acceptors (Lipinski definition) is 3. The van der Waals surface area contributed by atoms with Gasteiger partial charge in [0.05, 0.1) is 12.7 Å². The van der Waals surface area contributed by atoms with Crippen LogP contribution in [0, 0.1) is 0 Å². The Bertz CT molecular complexity index is 353. The minimum absolute atomic E-state index is 0.316. The molecule has 4 heteroatoms. The van der Waals surface area contributed by atoms with E-state index in [0.29, 0.717) is 6.10 Å². The zero-order chi connectivity index (χ0) is 12.1. The molecule has 1 N–H and O–H groups in total. The highest BCUT2D eigenvalue weighted by Crippen LogP contribution is 2.17. The average Bonchev–Trinajstić information content (AvgIpc) is 2.33. The summed E-state index contributed by atoms with van der Waals surface area (Å²) in [5.41, 5.74) is 1.32. The number of likely N-dealkylation sites (N-methyl/N-ethyl adjacent to an activating group) is 1. The van der Waals surface area contributed by atoms with Crippen molar-refractivity contribution in [3.63, 3.8) is 0 Å². The van der Waals surface area contributed by atoms with E-state index in [1.165, 1.54) is 10.0 Å². The monoisotopic (exact) mass is 298 g/mol. The fourth-order valence-corrected chi connectivity index (χ4v) is 2.48. The third-order valence-corrected chi connectivity index (χ3v) is 3.69. The fourth-order valence-electron chi connectivity index (χ4n) is 2.07. The second-order valence-electron chi connectivity index (χ2n) is 4.49. The number of rotatable bonds is 4. The van der Waals surface area contributed by atoms with Crippen molar-refractivity contribution in [2.24, 2.45) is 0 Å². The second-order valence-corrected chi connectivity index (χ2v) is 5.34. The van der Waals surface area contributed by atoms with Crippen LogP contribution in [-0.2, 0) is 11.3 Å². The Labute approximate surface area is 111 Å². The van der Waals surface area contributed by atoms with Crippen LogP contribution >= 0.6 is 15.9 Å². The minimum atomic E-state index is 0.316. The van der Waals surface area contributed by atoms with Crippen LogP contribution in [0.15, 0.2) is 28.7 Å². The molecule has 0 bridgehead atoms. The third kappa shape index (κ3) is 4.07. The molecule has 1 fully saturated rings. The molecule has 1 aromatic carbocycles. The van der Waals surface area contributed by atoms with Crippen LogP contribution in [0.2, 0.25) is 0 Å². The van der Waals surface area contributed by atoms with Crippen molar-refractivity contribution in [1.29, 1.82) is 0 Å². The maximum Gasteiger partial charge on any atom is 0.0826 e. The van der Waals surface area contributed by atoms with Crippen molar-refractivity contribution >= 4 is 15.9 Å². The Kier molecular flexibility index (Phi) is 4.98. The fraction of sp³-hybridized carbons (Fsp3) is 0.538. The summed E-state index contributed by atoms with van der Waals surface area (Å²) in [6.07, 6.45) is 0.316. The Hall–Kier alpha value is -0.420. The van der Waals surface area contributed by atoms with Crippen LogP contribution in [0.5, 0.6) is 0 Å². The van der Waals surface area contributed by atoms with E-state index in [2.05, 4.69) is 51.4 Å². The first-order valence-corrected chi connectivity index (χ1v) is 6.79. The van der Waals surface area contributed by atoms with Crippen LogP contribution < -0.4 is 5.32 Å². The van der Waals surface area contributed by atoms with Crippen LogP contribution in [0.4, 0.5) is 0 Å². The van der Waals surface area contributed by atoms with Gasteiger partial charge in [-0.3, -0.25) is 4.90 Å². The Morgan fingerprint density at radius 1 is 1.47 bits per heavy atom. The number of ether oxygens (including phenoxy) is 1. The lowest BCUT2D eigenvalue weighted by Gasteiger charge is -2.28. The van der Waals surface area contributed by atoms with Gasteiger partial charge in [-0.25, -0.2) is 0 Å². The Morgan fingerprint density at radius 3 is 3.00 bits per heavy atom. The molecule has 1 unspecified atom stereocenters. The second kappa shape index (κ2) is 6.50. The first-order chi connectivity index (χ1) is 8.25. The van der Waals surface area contributed by atoms with Gasteiger partial charge in [0.1, 0.15) is 0 Å². The maximum absolute atomic E-state index is 5.70. The molecule has 0 spiro atoms. The Morgan fingerprint density at radius 2 is 2.29 bits per heavy atom. The van der Waals surface area contributed by atoms with Crippen LogP contribution in [0.1, 0.15) is 5.56 Å². The van der Waals surface area contributed by atoms with Crippen molar-refractivity contribution in [2.75, 3.05) is 33.3 Å². The van der Waals surface area contributed by atoms with E-state index >= 15 is 0 Å². The predicted molar refractivity (Wildman–Crippen MR) is 73.1 cm³/mol. The summed E-state index contributed by atoms with van der Waals surface area (Å²) in [4.78, 5) is 2.30. The Balaban J connectivity index is 1.84. The van der Waals surface area contributed by atoms with Crippen LogP contribution in [-0.4, -0.2) is 44.3 Å². The lowest BCUT2D eigenvalue weighted by atomic mass is 10.2. The van der Waals surface area contributed by atoms with Crippen molar-refractivity contribution in [3.05, 3.63) is 34.3 Å². The highest BCUT2D eigenvalue weighted by molar-refractivity contribution is 9.10. The number of morpholine rings is 1. The zero-order valence-corrected chi connectivity index (χ0v) is 11.7. The highest BCUT2D eigenvalue weighted by atomic mass is 79.9. The average molecular weight is 299 g/mol. The molecule has 94 valence electrons. The molecule has 1 aromatic rings. The van der Waals surface area contributed by atoms with Gasteiger partial charge in [-0.05, 0) is 18.7 Å². The predicted octanol–water partition coefficient (Wildman–Crippen LogP) is 1.87. The van der Waals surface area contributed by atoms with Gasteiger partial charge in [0.25, 0.3) is 0 Å². The van der Waals surface area contributed by atoms with Crippen molar-refractivity contribution in [3.8, 4) is 0 Å². The molecule has 0 aromatic heterocycles. The van der Waals surface area contributed by atoms with E-state index in [9.17, 15) is 0 Å². The zero-order valence-electron chi connectivity index (χ0n) is 10.2. The number of halogens is 1. The molecular weight excluding hydrogens is 280 g/mol. The van der Waals surface area contributed by atoms with Crippen LogP contribution in [0.3, 0.4) is 0 Å². The van der Waals surface area contributed by atoms with Gasteiger partial charge < -0.3 is 10.1 Å². The lowest BCUT2D eigenvalue weighted by Crippen LogP contribution is -2.44. The molecule has 1 heterocycles. The summed E-state index contributed by atoms with van der Waals surface area (Å²) in [5, 5.41) is 3.35. The van der Waals surface area contributed by atoms with E-state index in [0.717, 1.165) is 32.8 Å². The summed E-state index contributed by atoms with van der Waals surface area (Å²) < 4.78 is 6.88. The smallest absolute Gasteiger partial charge is 0.0826 e. The van der Waals surface area contributed by atoms with Gasteiger partial charge in [0.2, 0.25) is 0 Å². The molecule has 3 nitrogen and oxygen atoms in total. The van der Waals surface area contributed by atoms with E-state index < -0.39 is 0 Å². The summed E-state index contributed by atoms with van der Waals surface area (Å²) >= 11 is 3.58. The maximum atomic E-state index is 5.70. The summed E-state index contributed by atoms with van der Waals surface area (Å²) in [7, 11) is 2.14. The number of benzene rings is 1. The summed E-state index contributed by atoms with van der Waals surface area (Å²) in [5.74, 6) is 0. The molecule has 17 heavy (non-hydrogen) atoms. The molecule has 1 aliphatic heterocycles. The molecule has 1 atom stereocenters. The van der Waals surface area contributed by atoms with Gasteiger partial charge in [0.15, 0.2) is 0 Å². The number of hydrogen-bond donors (Lipinski definition) is 1. The highest BCUT2D eigenvalue weighted by Gasteiger charge is 2.15. The van der Waals surface area contributed by atoms with Gasteiger partial charge in [-0.1, -0.05) is 34.1 Å². The molecule has 0 aliphatic carbocycles. The van der Waals surface area contributed by atoms with E-state index in [-0.39, 0.29) is 0 Å². The topological polar surface area (TPSA) is 24.5 Å². The molecule has 1 saturated heterocycles. The molecule has 2 rings (SSSR count). The van der Waals surface area contributed by atoms with Crippen molar-refractivity contribution in [2.45, 2.75) is 12.6 Å². The summed E-state index contributed by atoms with van der Waals surface area (Å²) in [6.45, 7) is 4.67.